The zero-order valence-corrected chi connectivity index (χ0v) is 59.8. The Bertz CT molecular complexity index is 1760. The Morgan fingerprint density at radius 2 is 0.472 bits per heavy atom. The first-order valence-corrected chi connectivity index (χ1v) is 39.2. The van der Waals surface area contributed by atoms with E-state index in [0.29, 0.717) is 37.5 Å². The fourth-order valence-corrected chi connectivity index (χ4v) is 12.1. The molecule has 0 saturated carbocycles. The lowest BCUT2D eigenvalue weighted by molar-refractivity contribution is -0.161. The number of phosphoric acid groups is 2. The number of hydrogen-bond donors (Lipinski definition) is 3. The topological polar surface area (TPSA) is 237 Å². The number of rotatable bonds is 67. The van der Waals surface area contributed by atoms with Crippen LogP contribution in [-0.4, -0.2) is 96.7 Å². The number of ether oxygens (including phenoxy) is 4. The van der Waals surface area contributed by atoms with Crippen molar-refractivity contribution in [1.82, 2.24) is 0 Å². The van der Waals surface area contributed by atoms with Crippen molar-refractivity contribution in [3.63, 3.8) is 0 Å². The third kappa shape index (κ3) is 64.6. The fraction of sp³-hybridized carbons (Fsp3) is 0.943. The third-order valence-electron chi connectivity index (χ3n) is 16.1. The van der Waals surface area contributed by atoms with E-state index in [0.717, 1.165) is 108 Å². The third-order valence-corrected chi connectivity index (χ3v) is 18.0. The molecule has 0 amide bonds. The summed E-state index contributed by atoms with van der Waals surface area (Å²) < 4.78 is 68.2. The van der Waals surface area contributed by atoms with Gasteiger partial charge in [-0.15, -0.1) is 0 Å². The number of unbranched alkanes of at least 4 members (excludes halogenated alkanes) is 33. The second kappa shape index (κ2) is 59.8. The first-order chi connectivity index (χ1) is 42.6. The van der Waals surface area contributed by atoms with Crippen molar-refractivity contribution in [2.24, 2.45) is 23.7 Å². The fourth-order valence-electron chi connectivity index (χ4n) is 10.5. The lowest BCUT2D eigenvalue weighted by Crippen LogP contribution is -2.30. The molecule has 0 radical (unpaired) electrons. The highest BCUT2D eigenvalue weighted by Gasteiger charge is 2.30. The number of aliphatic hydroxyl groups excluding tert-OH is 1. The molecule has 19 heteroatoms. The van der Waals surface area contributed by atoms with Crippen molar-refractivity contribution in [2.45, 2.75) is 363 Å². The zero-order valence-electron chi connectivity index (χ0n) is 58.1. The van der Waals surface area contributed by atoms with Crippen LogP contribution in [0.3, 0.4) is 0 Å². The summed E-state index contributed by atoms with van der Waals surface area (Å²) in [5.41, 5.74) is 0. The van der Waals surface area contributed by atoms with Gasteiger partial charge in [0.25, 0.3) is 0 Å². The zero-order chi connectivity index (χ0) is 66.1. The van der Waals surface area contributed by atoms with Gasteiger partial charge in [-0.1, -0.05) is 293 Å². The summed E-state index contributed by atoms with van der Waals surface area (Å²) in [5, 5.41) is 10.6. The van der Waals surface area contributed by atoms with Crippen molar-refractivity contribution in [1.29, 1.82) is 0 Å². The molecule has 0 heterocycles. The highest BCUT2D eigenvalue weighted by atomic mass is 31.2. The van der Waals surface area contributed by atoms with Crippen LogP contribution in [-0.2, 0) is 65.4 Å². The van der Waals surface area contributed by atoms with Gasteiger partial charge in [-0.3, -0.25) is 37.3 Å². The molecule has 0 aromatic rings. The van der Waals surface area contributed by atoms with E-state index in [1.54, 1.807) is 0 Å². The lowest BCUT2D eigenvalue weighted by atomic mass is 10.0. The second-order valence-electron chi connectivity index (χ2n) is 27.2. The maximum Gasteiger partial charge on any atom is 0.472 e. The number of carbonyl (C=O) groups is 4. The van der Waals surface area contributed by atoms with Gasteiger partial charge in [0.15, 0.2) is 12.2 Å². The maximum atomic E-state index is 13.0. The predicted octanol–water partition coefficient (Wildman–Crippen LogP) is 19.7. The molecule has 0 aliphatic heterocycles. The van der Waals surface area contributed by atoms with Gasteiger partial charge in [0, 0.05) is 25.7 Å². The Hall–Kier alpha value is -1.94. The minimum atomic E-state index is -4.95. The van der Waals surface area contributed by atoms with Gasteiger partial charge in [0.05, 0.1) is 26.4 Å². The van der Waals surface area contributed by atoms with E-state index < -0.39 is 97.5 Å². The van der Waals surface area contributed by atoms with E-state index >= 15 is 0 Å². The molecule has 0 aliphatic carbocycles. The quantitative estimate of drug-likeness (QED) is 0.0222. The molecule has 0 aromatic carbocycles. The number of hydrogen-bond acceptors (Lipinski definition) is 15. The van der Waals surface area contributed by atoms with Gasteiger partial charge in [-0.05, 0) is 49.4 Å². The first kappa shape index (κ1) is 87.1. The van der Waals surface area contributed by atoms with Crippen LogP contribution >= 0.6 is 15.6 Å². The summed E-state index contributed by atoms with van der Waals surface area (Å²) in [6.07, 6.45) is 42.0. The average Bonchev–Trinajstić information content (AvgIpc) is 3.60. The van der Waals surface area contributed by atoms with E-state index in [9.17, 15) is 43.2 Å². The normalized spacial score (nSPS) is 14.3. The van der Waals surface area contributed by atoms with Crippen LogP contribution in [0.25, 0.3) is 0 Å². The van der Waals surface area contributed by atoms with E-state index in [1.807, 2.05) is 0 Å². The summed E-state index contributed by atoms with van der Waals surface area (Å²) in [6, 6.07) is 0. The molecule has 2 unspecified atom stereocenters. The minimum absolute atomic E-state index is 0.102. The predicted molar refractivity (Wildman–Crippen MR) is 358 cm³/mol. The van der Waals surface area contributed by atoms with Crippen LogP contribution in [0, 0.1) is 23.7 Å². The summed E-state index contributed by atoms with van der Waals surface area (Å²) in [5.74, 6) is 0.784. The van der Waals surface area contributed by atoms with Gasteiger partial charge in [0.2, 0.25) is 0 Å². The number of aliphatic hydroxyl groups is 1. The van der Waals surface area contributed by atoms with Crippen LogP contribution < -0.4 is 0 Å². The molecule has 3 N–H and O–H groups in total. The molecule has 89 heavy (non-hydrogen) atoms. The van der Waals surface area contributed by atoms with Gasteiger partial charge >= 0.3 is 39.5 Å². The van der Waals surface area contributed by atoms with Crippen LogP contribution in [0.1, 0.15) is 344 Å². The Balaban J connectivity index is 5.20. The molecular formula is C70H136O17P2. The van der Waals surface area contributed by atoms with Crippen molar-refractivity contribution < 1.29 is 80.2 Å². The maximum absolute atomic E-state index is 13.0. The molecule has 528 valence electrons. The van der Waals surface area contributed by atoms with Crippen LogP contribution in [0.5, 0.6) is 0 Å². The van der Waals surface area contributed by atoms with E-state index in [2.05, 4.69) is 55.4 Å². The summed E-state index contributed by atoms with van der Waals surface area (Å²) >= 11 is 0. The van der Waals surface area contributed by atoms with Crippen molar-refractivity contribution in [3.05, 3.63) is 0 Å². The average molecular weight is 1310 g/mol. The smallest absolute Gasteiger partial charge is 0.462 e. The molecule has 0 spiro atoms. The summed E-state index contributed by atoms with van der Waals surface area (Å²) in [6.45, 7) is 14.0. The lowest BCUT2D eigenvalue weighted by Gasteiger charge is -2.21. The molecule has 0 saturated heterocycles. The minimum Gasteiger partial charge on any atom is -0.462 e. The molecule has 0 aliphatic rings. The standard InChI is InChI=1S/C70H136O17P2/c1-60(2)46-38-30-22-17-14-12-10-9-11-13-15-19-25-34-42-50-67(72)80-56-65(86-69(74)52-44-36-26-20-16-18-23-31-39-47-61(3)4)58-84-88(76,77)82-54-64(71)55-83-89(78,79)85-59-66(57-81-68(73)51-43-35-29-28-33-41-49-63(7)8)87-70(75)53-45-37-27-21-24-32-40-48-62(5)6/h60-66,71H,9-59H2,1-8H3,(H,76,77)(H,78,79)/t64-,65-,66-/m1/s1. The van der Waals surface area contributed by atoms with E-state index in [-0.39, 0.29) is 25.7 Å². The summed E-state index contributed by atoms with van der Waals surface area (Å²) in [7, 11) is -9.90. The molecule has 0 rings (SSSR count). The second-order valence-corrected chi connectivity index (χ2v) is 30.1. The molecule has 0 fully saturated rings. The van der Waals surface area contributed by atoms with Crippen molar-refractivity contribution >= 4 is 39.5 Å². The Kier molecular flexibility index (Phi) is 58.5. The number of carbonyl (C=O) groups excluding carboxylic acids is 4. The van der Waals surface area contributed by atoms with E-state index in [1.165, 1.54) is 141 Å². The van der Waals surface area contributed by atoms with Gasteiger partial charge in [-0.2, -0.15) is 0 Å². The highest BCUT2D eigenvalue weighted by molar-refractivity contribution is 7.47. The van der Waals surface area contributed by atoms with Crippen LogP contribution in [0.4, 0.5) is 0 Å². The number of phosphoric ester groups is 2. The number of esters is 4. The largest absolute Gasteiger partial charge is 0.472 e. The highest BCUT2D eigenvalue weighted by Crippen LogP contribution is 2.45. The molecule has 0 bridgehead atoms. The van der Waals surface area contributed by atoms with Gasteiger partial charge in [0.1, 0.15) is 19.3 Å². The van der Waals surface area contributed by atoms with Crippen LogP contribution in [0.15, 0.2) is 0 Å². The Labute approximate surface area is 543 Å². The Morgan fingerprint density at radius 1 is 0.281 bits per heavy atom. The molecule has 17 nitrogen and oxygen atoms in total. The van der Waals surface area contributed by atoms with Gasteiger partial charge < -0.3 is 33.8 Å². The monoisotopic (exact) mass is 1310 g/mol. The first-order valence-electron chi connectivity index (χ1n) is 36.2. The van der Waals surface area contributed by atoms with Crippen LogP contribution in [0.2, 0.25) is 0 Å². The molecule has 0 aromatic heterocycles. The molecular weight excluding hydrogens is 1170 g/mol. The van der Waals surface area contributed by atoms with Crippen molar-refractivity contribution in [3.8, 4) is 0 Å². The molecule has 5 atom stereocenters. The SMILES string of the molecule is CC(C)CCCCCCCCCCCCCCCCCC(=O)OC[C@H](COP(=O)(O)OC[C@@H](O)COP(=O)(O)OC[C@@H](COC(=O)CCCCCCCCC(C)C)OC(=O)CCCCCCCCCC(C)C)OC(=O)CCCCCCCCCCCC(C)C. The Morgan fingerprint density at radius 3 is 0.697 bits per heavy atom. The summed E-state index contributed by atoms with van der Waals surface area (Å²) in [4.78, 5) is 72.4. The van der Waals surface area contributed by atoms with Gasteiger partial charge in [-0.25, -0.2) is 9.13 Å². The van der Waals surface area contributed by atoms with Crippen molar-refractivity contribution in [2.75, 3.05) is 39.6 Å². The van der Waals surface area contributed by atoms with E-state index in [4.69, 9.17) is 37.0 Å².